The van der Waals surface area contributed by atoms with Gasteiger partial charge in [-0.25, -0.2) is 0 Å². The smallest absolute Gasteiger partial charge is 0.360 e. The molecule has 5 nitrogen and oxygen atoms in total. The van der Waals surface area contributed by atoms with E-state index in [1.54, 1.807) is 0 Å². The Hall–Kier alpha value is 0.447. The summed E-state index contributed by atoms with van der Waals surface area (Å²) >= 11 is 0. The molecule has 0 saturated heterocycles. The van der Waals surface area contributed by atoms with Gasteiger partial charge in [-0.05, 0) is 27.4 Å². The summed E-state index contributed by atoms with van der Waals surface area (Å²) in [4.78, 5) is 0. The second-order valence-electron chi connectivity index (χ2n) is 2.70. The lowest BCUT2D eigenvalue weighted by molar-refractivity contribution is -0.0314. The van der Waals surface area contributed by atoms with Crippen molar-refractivity contribution in [3.8, 4) is 0 Å². The van der Waals surface area contributed by atoms with E-state index in [0.717, 1.165) is 0 Å². The zero-order valence-electron chi connectivity index (χ0n) is 10.6. The van der Waals surface area contributed by atoms with Crippen molar-refractivity contribution >= 4 is 17.9 Å². The third-order valence-electron chi connectivity index (χ3n) is 1.57. The van der Waals surface area contributed by atoms with Gasteiger partial charge in [-0.2, -0.15) is 0 Å². The van der Waals surface area contributed by atoms with Crippen LogP contribution in [0.1, 0.15) is 20.8 Å². The van der Waals surface area contributed by atoms with E-state index in [2.05, 4.69) is 0 Å². The second-order valence-corrected chi connectivity index (χ2v) is 5.55. The molecule has 0 N–H and O–H groups in total. The molecule has 0 aromatic carbocycles. The summed E-state index contributed by atoms with van der Waals surface area (Å²) in [5.41, 5.74) is 0. The molecule has 0 aromatic heterocycles. The lowest BCUT2D eigenvalue weighted by Gasteiger charge is -2.26. The van der Waals surface area contributed by atoms with Gasteiger partial charge in [-0.3, -0.25) is 0 Å². The summed E-state index contributed by atoms with van der Waals surface area (Å²) in [5.74, 6) is 0. The topological polar surface area (TPSA) is 46.2 Å². The van der Waals surface area contributed by atoms with Crippen LogP contribution in [0, 0.1) is 0 Å². The van der Waals surface area contributed by atoms with Crippen molar-refractivity contribution in [3.63, 3.8) is 0 Å². The first-order valence-corrected chi connectivity index (χ1v) is 8.63. The molecule has 0 bridgehead atoms. The summed E-state index contributed by atoms with van der Waals surface area (Å²) < 4.78 is 27.4. The van der Waals surface area contributed by atoms with Crippen LogP contribution in [0.15, 0.2) is 0 Å². The Morgan fingerprint density at radius 1 is 0.812 bits per heavy atom. The molecule has 7 heteroatoms. The van der Waals surface area contributed by atoms with Gasteiger partial charge in [0, 0.05) is 28.6 Å². The van der Waals surface area contributed by atoms with Crippen LogP contribution < -0.4 is 0 Å². The molecule has 0 radical (unpaired) electrons. The largest absolute Gasteiger partial charge is 0.679 e. The lowest BCUT2D eigenvalue weighted by atomic mass is 10.8. The van der Waals surface area contributed by atoms with E-state index >= 15 is 0 Å². The fourth-order valence-corrected chi connectivity index (χ4v) is 3.27. The van der Waals surface area contributed by atoms with Crippen molar-refractivity contribution in [1.82, 2.24) is 0 Å². The Bertz CT molecular complexity index is 144. The van der Waals surface area contributed by atoms with E-state index in [-0.39, 0.29) is 0 Å². The van der Waals surface area contributed by atoms with Gasteiger partial charge in [0.2, 0.25) is 0 Å². The third-order valence-corrected chi connectivity index (χ3v) is 4.55. The SMILES string of the molecule is CCO[Si](OCC)(OCC)OCCOPC. The highest BCUT2D eigenvalue weighted by Gasteiger charge is 2.44. The van der Waals surface area contributed by atoms with E-state index in [9.17, 15) is 0 Å². The van der Waals surface area contributed by atoms with Gasteiger partial charge in [-0.15, -0.1) is 0 Å². The molecule has 0 heterocycles. The molecular weight excluding hydrogens is 247 g/mol. The minimum atomic E-state index is -2.92. The van der Waals surface area contributed by atoms with E-state index < -0.39 is 9.05 Å². The third kappa shape index (κ3) is 6.91. The molecule has 0 aliphatic carbocycles. The minimum absolute atomic E-state index is 0.438. The van der Waals surface area contributed by atoms with Gasteiger partial charge >= 0.3 is 9.05 Å². The number of rotatable bonds is 11. The van der Waals surface area contributed by atoms with Crippen LogP contribution in [0.4, 0.5) is 0 Å². The first kappa shape index (κ1) is 16.4. The van der Waals surface area contributed by atoms with Crippen LogP contribution in [-0.4, -0.2) is 48.7 Å². The Morgan fingerprint density at radius 2 is 1.31 bits per heavy atom. The molecule has 0 spiro atoms. The van der Waals surface area contributed by atoms with Crippen molar-refractivity contribution in [1.29, 1.82) is 0 Å². The molecule has 0 fully saturated rings. The van der Waals surface area contributed by atoms with Gasteiger partial charge in [0.05, 0.1) is 13.2 Å². The average molecular weight is 270 g/mol. The van der Waals surface area contributed by atoms with E-state index in [1.807, 2.05) is 27.4 Å². The average Bonchev–Trinajstić information content (AvgIpc) is 2.26. The molecule has 0 aliphatic heterocycles. The fourth-order valence-electron chi connectivity index (χ4n) is 1.09. The van der Waals surface area contributed by atoms with Crippen molar-refractivity contribution < 1.29 is 22.2 Å². The maximum Gasteiger partial charge on any atom is 0.679 e. The van der Waals surface area contributed by atoms with Crippen LogP contribution in [0.3, 0.4) is 0 Å². The van der Waals surface area contributed by atoms with Crippen molar-refractivity contribution in [2.75, 3.05) is 39.7 Å². The maximum atomic E-state index is 5.60. The highest BCUT2D eigenvalue weighted by Crippen LogP contribution is 2.12. The Labute approximate surface area is 101 Å². The van der Waals surface area contributed by atoms with Crippen LogP contribution in [0.25, 0.3) is 0 Å². The fraction of sp³-hybridized carbons (Fsp3) is 1.00. The van der Waals surface area contributed by atoms with Crippen molar-refractivity contribution in [3.05, 3.63) is 0 Å². The molecule has 0 aromatic rings. The van der Waals surface area contributed by atoms with Gasteiger partial charge in [0.1, 0.15) is 0 Å². The minimum Gasteiger partial charge on any atom is -0.360 e. The highest BCUT2D eigenvalue weighted by atomic mass is 31.1. The molecule has 0 aliphatic rings. The maximum absolute atomic E-state index is 5.60. The highest BCUT2D eigenvalue weighted by molar-refractivity contribution is 7.31. The monoisotopic (exact) mass is 270 g/mol. The predicted molar refractivity (Wildman–Crippen MR) is 66.8 cm³/mol. The quantitative estimate of drug-likeness (QED) is 0.325. The van der Waals surface area contributed by atoms with Crippen LogP contribution in [0.5, 0.6) is 0 Å². The van der Waals surface area contributed by atoms with Gasteiger partial charge in [-0.1, -0.05) is 0 Å². The molecule has 0 amide bonds. The molecule has 0 saturated carbocycles. The van der Waals surface area contributed by atoms with Gasteiger partial charge < -0.3 is 22.2 Å². The molecule has 98 valence electrons. The number of hydrogen-bond donors (Lipinski definition) is 0. The summed E-state index contributed by atoms with van der Waals surface area (Å²) in [6.07, 6.45) is 0. The van der Waals surface area contributed by atoms with Crippen LogP contribution in [-0.2, 0) is 22.2 Å². The second kappa shape index (κ2) is 10.6. The zero-order chi connectivity index (χ0) is 12.3. The lowest BCUT2D eigenvalue weighted by Crippen LogP contribution is -2.49. The molecule has 0 rings (SSSR count). The van der Waals surface area contributed by atoms with E-state index in [0.29, 0.717) is 41.8 Å². The summed E-state index contributed by atoms with van der Waals surface area (Å²) in [6, 6.07) is 0. The Morgan fingerprint density at radius 3 is 1.69 bits per heavy atom. The summed E-state index contributed by atoms with van der Waals surface area (Å²) in [6.45, 7) is 10.2. The standard InChI is InChI=1S/C9H23O5PSi/c1-5-11-16(12-6-2,13-7-3)14-9-8-10-15-4/h15H,5-9H2,1-4H3. The summed E-state index contributed by atoms with van der Waals surface area (Å²) in [5, 5.41) is 0. The van der Waals surface area contributed by atoms with Crippen LogP contribution >= 0.6 is 8.81 Å². The zero-order valence-corrected chi connectivity index (χ0v) is 12.6. The molecule has 16 heavy (non-hydrogen) atoms. The van der Waals surface area contributed by atoms with E-state index in [1.165, 1.54) is 0 Å². The normalized spacial score (nSPS) is 12.8. The first-order valence-electron chi connectivity index (χ1n) is 5.59. The first-order chi connectivity index (χ1) is 7.74. The predicted octanol–water partition coefficient (Wildman–Crippen LogP) is 1.79. The van der Waals surface area contributed by atoms with Crippen LogP contribution in [0.2, 0.25) is 0 Å². The van der Waals surface area contributed by atoms with Gasteiger partial charge in [0.25, 0.3) is 0 Å². The van der Waals surface area contributed by atoms with Crippen molar-refractivity contribution in [2.24, 2.45) is 0 Å². The number of hydrogen-bond acceptors (Lipinski definition) is 5. The Kier molecular flexibility index (Phi) is 10.9. The van der Waals surface area contributed by atoms with Gasteiger partial charge in [0.15, 0.2) is 0 Å². The molecular formula is C9H23O5PSi. The van der Waals surface area contributed by atoms with E-state index in [4.69, 9.17) is 22.2 Å². The van der Waals surface area contributed by atoms with Crippen molar-refractivity contribution in [2.45, 2.75) is 20.8 Å². The molecule has 1 atom stereocenters. The Balaban J connectivity index is 4.12. The molecule has 1 unspecified atom stereocenters. The summed E-state index contributed by atoms with van der Waals surface area (Å²) in [7, 11) is -2.46.